The highest BCUT2D eigenvalue weighted by atomic mass is 15.1. The predicted molar refractivity (Wildman–Crippen MR) is 276 cm³/mol. The summed E-state index contributed by atoms with van der Waals surface area (Å²) in [6, 6.07) is 97.2. The average molecular weight is 844 g/mol. The highest BCUT2D eigenvalue weighted by molar-refractivity contribution is 6.05. The lowest BCUT2D eigenvalue weighted by molar-refractivity contribution is 1.10. The minimum Gasteiger partial charge on any atom is -0.311 e. The van der Waals surface area contributed by atoms with Gasteiger partial charge in [-0.25, -0.2) is 4.98 Å². The molecule has 3 nitrogen and oxygen atoms in total. The quantitative estimate of drug-likeness (QED) is 0.121. The third kappa shape index (κ3) is 8.02. The van der Waals surface area contributed by atoms with Gasteiger partial charge in [0, 0.05) is 28.3 Å². The van der Waals surface area contributed by atoms with Crippen molar-refractivity contribution in [3.05, 3.63) is 295 Å². The lowest BCUT2D eigenvalue weighted by Crippen LogP contribution is -2.09. The molecule has 0 aliphatic heterocycles. The molecule has 3 heteroatoms. The van der Waals surface area contributed by atoms with Gasteiger partial charge in [-0.3, -0.25) is 4.57 Å². The monoisotopic (exact) mass is 843 g/mol. The number of fused-ring (bicyclic) bond motifs is 1. The van der Waals surface area contributed by atoms with Crippen molar-refractivity contribution in [2.45, 2.75) is 0 Å². The summed E-state index contributed by atoms with van der Waals surface area (Å²) in [5.74, 6) is 0.926. The fourth-order valence-electron chi connectivity index (χ4n) is 9.05. The summed E-state index contributed by atoms with van der Waals surface area (Å²) in [5, 5.41) is 0. The lowest BCUT2D eigenvalue weighted by Gasteiger charge is -2.25. The van der Waals surface area contributed by atoms with E-state index in [1.165, 1.54) is 16.7 Å². The predicted octanol–water partition coefficient (Wildman–Crippen LogP) is 16.5. The highest BCUT2D eigenvalue weighted by Gasteiger charge is 2.19. The summed E-state index contributed by atoms with van der Waals surface area (Å²) < 4.78 is 2.25. The number of hydrogen-bond acceptors (Lipinski definition) is 2. The minimum atomic E-state index is 0.926. The Bertz CT molecular complexity index is 3340. The van der Waals surface area contributed by atoms with E-state index in [1.54, 1.807) is 0 Å². The largest absolute Gasteiger partial charge is 0.311 e. The molecule has 0 bridgehead atoms. The van der Waals surface area contributed by atoms with Gasteiger partial charge in [0.25, 0.3) is 0 Å². The van der Waals surface area contributed by atoms with Crippen LogP contribution in [0, 0.1) is 0 Å². The van der Waals surface area contributed by atoms with E-state index < -0.39 is 0 Å². The Balaban J connectivity index is 0.936. The number of imidazole rings is 1. The van der Waals surface area contributed by atoms with E-state index in [0.717, 1.165) is 84.1 Å². The molecule has 11 aromatic rings. The second-order valence-corrected chi connectivity index (χ2v) is 16.4. The average Bonchev–Trinajstić information content (AvgIpc) is 3.80. The van der Waals surface area contributed by atoms with Crippen LogP contribution in [0.2, 0.25) is 0 Å². The molecule has 1 heterocycles. The normalized spacial score (nSPS) is 11.6. The topological polar surface area (TPSA) is 21.1 Å². The second-order valence-electron chi connectivity index (χ2n) is 16.4. The molecule has 11 rings (SSSR count). The van der Waals surface area contributed by atoms with Crippen molar-refractivity contribution in [1.29, 1.82) is 0 Å². The Morgan fingerprint density at radius 2 is 0.621 bits per heavy atom. The van der Waals surface area contributed by atoms with Crippen molar-refractivity contribution in [2.75, 3.05) is 4.90 Å². The number of rotatable bonds is 11. The van der Waals surface area contributed by atoms with Crippen LogP contribution in [0.4, 0.5) is 17.1 Å². The SMILES string of the molecule is c1ccc(/C(=C(/c2ccccc2)c2ccc(-c3ccc(N(c4ccccc4)c4ccccc4)cc3)cc2)c2ccc(-c3ccc(-c4nc5ccccc5n4-c4ccccc4)cc3)cc2)cc1. The van der Waals surface area contributed by atoms with Gasteiger partial charge in [-0.1, -0.05) is 212 Å². The third-order valence-corrected chi connectivity index (χ3v) is 12.3. The van der Waals surface area contributed by atoms with E-state index in [0.29, 0.717) is 0 Å². The van der Waals surface area contributed by atoms with Gasteiger partial charge in [0.2, 0.25) is 0 Å². The molecule has 0 radical (unpaired) electrons. The van der Waals surface area contributed by atoms with Crippen LogP contribution in [0.15, 0.2) is 273 Å². The second kappa shape index (κ2) is 18.1. The summed E-state index contributed by atoms with van der Waals surface area (Å²) >= 11 is 0. The van der Waals surface area contributed by atoms with Gasteiger partial charge in [-0.2, -0.15) is 0 Å². The van der Waals surface area contributed by atoms with Crippen molar-refractivity contribution in [3.63, 3.8) is 0 Å². The van der Waals surface area contributed by atoms with Crippen LogP contribution in [0.3, 0.4) is 0 Å². The van der Waals surface area contributed by atoms with Crippen LogP contribution in [-0.2, 0) is 0 Å². The molecule has 0 N–H and O–H groups in total. The smallest absolute Gasteiger partial charge is 0.145 e. The van der Waals surface area contributed by atoms with Crippen LogP contribution in [0.1, 0.15) is 22.3 Å². The maximum atomic E-state index is 5.09. The Labute approximate surface area is 386 Å². The molecule has 1 aromatic heterocycles. The zero-order valence-electron chi connectivity index (χ0n) is 36.3. The number of anilines is 3. The Morgan fingerprint density at radius 3 is 1.09 bits per heavy atom. The van der Waals surface area contributed by atoms with E-state index in [9.17, 15) is 0 Å². The van der Waals surface area contributed by atoms with Crippen LogP contribution in [0.25, 0.3) is 61.5 Å². The van der Waals surface area contributed by atoms with Gasteiger partial charge < -0.3 is 4.90 Å². The van der Waals surface area contributed by atoms with E-state index in [2.05, 4.69) is 270 Å². The van der Waals surface area contributed by atoms with Gasteiger partial charge in [-0.05, 0) is 116 Å². The van der Waals surface area contributed by atoms with Gasteiger partial charge >= 0.3 is 0 Å². The Kier molecular flexibility index (Phi) is 11.0. The van der Waals surface area contributed by atoms with E-state index >= 15 is 0 Å². The first-order chi connectivity index (χ1) is 32.7. The minimum absolute atomic E-state index is 0.926. The molecule has 312 valence electrons. The summed E-state index contributed by atoms with van der Waals surface area (Å²) in [4.78, 5) is 7.39. The van der Waals surface area contributed by atoms with E-state index in [4.69, 9.17) is 4.98 Å². The van der Waals surface area contributed by atoms with E-state index in [1.807, 2.05) is 12.1 Å². The number of aromatic nitrogens is 2. The fraction of sp³-hybridized carbons (Fsp3) is 0. The zero-order chi connectivity index (χ0) is 44.1. The number of hydrogen-bond donors (Lipinski definition) is 0. The molecule has 66 heavy (non-hydrogen) atoms. The van der Waals surface area contributed by atoms with Crippen LogP contribution >= 0.6 is 0 Å². The lowest BCUT2D eigenvalue weighted by atomic mass is 9.85. The van der Waals surface area contributed by atoms with Gasteiger partial charge in [0.05, 0.1) is 11.0 Å². The zero-order valence-corrected chi connectivity index (χ0v) is 36.3. The summed E-state index contributed by atoms with van der Waals surface area (Å²) in [5.41, 5.74) is 19.2. The van der Waals surface area contributed by atoms with Gasteiger partial charge in [0.15, 0.2) is 0 Å². The molecule has 10 aromatic carbocycles. The molecule has 0 fully saturated rings. The molecule has 0 aliphatic carbocycles. The molecule has 0 spiro atoms. The molecule has 0 saturated carbocycles. The summed E-state index contributed by atoms with van der Waals surface area (Å²) in [7, 11) is 0. The number of nitrogens with zero attached hydrogens (tertiary/aromatic N) is 3. The maximum Gasteiger partial charge on any atom is 0.145 e. The van der Waals surface area contributed by atoms with Crippen molar-refractivity contribution in [3.8, 4) is 39.3 Å². The summed E-state index contributed by atoms with van der Waals surface area (Å²) in [6.07, 6.45) is 0. The summed E-state index contributed by atoms with van der Waals surface area (Å²) in [6.45, 7) is 0. The Morgan fingerprint density at radius 1 is 0.288 bits per heavy atom. The first kappa shape index (κ1) is 40.0. The Hall–Kier alpha value is -8.79. The highest BCUT2D eigenvalue weighted by Crippen LogP contribution is 2.40. The van der Waals surface area contributed by atoms with Crippen molar-refractivity contribution < 1.29 is 0 Å². The molecule has 0 aliphatic rings. The molecule has 0 unspecified atom stereocenters. The standard InChI is InChI=1S/C63H45N3/c1-6-18-50(19-7-1)61(52-36-30-46(31-37-52)48-34-40-54(41-35-48)63-64-59-28-16-17-29-60(59)66(63)57-26-14-5-15-27-57)62(51-20-8-2-9-21-51)53-38-32-47(33-39-53)49-42-44-58(45-43-49)65(55-22-10-3-11-23-55)56-24-12-4-13-25-56/h1-45H/b62-61+. The number of para-hydroxylation sites is 5. The van der Waals surface area contributed by atoms with Crippen molar-refractivity contribution in [1.82, 2.24) is 9.55 Å². The van der Waals surface area contributed by atoms with Crippen LogP contribution in [-0.4, -0.2) is 9.55 Å². The van der Waals surface area contributed by atoms with E-state index in [-0.39, 0.29) is 0 Å². The van der Waals surface area contributed by atoms with Gasteiger partial charge in [0.1, 0.15) is 5.82 Å². The first-order valence-electron chi connectivity index (χ1n) is 22.5. The van der Waals surface area contributed by atoms with Crippen molar-refractivity contribution >= 4 is 39.2 Å². The third-order valence-electron chi connectivity index (χ3n) is 12.3. The van der Waals surface area contributed by atoms with Gasteiger partial charge in [-0.15, -0.1) is 0 Å². The molecular formula is C63H45N3. The number of benzene rings is 10. The molecular weight excluding hydrogens is 799 g/mol. The molecule has 0 amide bonds. The fourth-order valence-corrected chi connectivity index (χ4v) is 9.05. The molecule has 0 saturated heterocycles. The first-order valence-corrected chi connectivity index (χ1v) is 22.5. The molecule has 0 atom stereocenters. The maximum absolute atomic E-state index is 5.09. The van der Waals surface area contributed by atoms with Crippen LogP contribution < -0.4 is 4.90 Å². The van der Waals surface area contributed by atoms with Crippen molar-refractivity contribution in [2.24, 2.45) is 0 Å². The van der Waals surface area contributed by atoms with Crippen LogP contribution in [0.5, 0.6) is 0 Å².